The molecule has 2 aromatic carbocycles. The van der Waals surface area contributed by atoms with E-state index < -0.39 is 0 Å². The number of aryl methyl sites for hydroxylation is 1. The number of benzene rings is 2. The van der Waals surface area contributed by atoms with Gasteiger partial charge < -0.3 is 4.90 Å². The van der Waals surface area contributed by atoms with E-state index in [0.29, 0.717) is 23.2 Å². The van der Waals surface area contributed by atoms with Gasteiger partial charge in [0.05, 0.1) is 17.2 Å². The first-order valence-corrected chi connectivity index (χ1v) is 8.81. The van der Waals surface area contributed by atoms with Gasteiger partial charge in [0.25, 0.3) is 17.7 Å². The highest BCUT2D eigenvalue weighted by molar-refractivity contribution is 6.21. The third kappa shape index (κ3) is 2.51. The lowest BCUT2D eigenvalue weighted by molar-refractivity contribution is 0.0692. The van der Waals surface area contributed by atoms with Crippen LogP contribution in [0.1, 0.15) is 61.1 Å². The molecule has 26 heavy (non-hydrogen) atoms. The second-order valence-electron chi connectivity index (χ2n) is 7.00. The third-order valence-corrected chi connectivity index (χ3v) is 5.28. The molecule has 1 atom stereocenters. The minimum Gasteiger partial charge on any atom is -0.332 e. The molecule has 0 saturated carbocycles. The number of likely N-dealkylation sites (tertiary alicyclic amines) is 1. The first kappa shape index (κ1) is 16.5. The monoisotopic (exact) mass is 348 g/mol. The number of nitrogens with zero attached hydrogens (tertiary/aromatic N) is 2. The number of rotatable bonds is 2. The molecule has 0 aromatic heterocycles. The van der Waals surface area contributed by atoms with Crippen LogP contribution in [0.5, 0.6) is 0 Å². The largest absolute Gasteiger partial charge is 0.332 e. The van der Waals surface area contributed by atoms with Crippen LogP contribution in [0.25, 0.3) is 0 Å². The van der Waals surface area contributed by atoms with Gasteiger partial charge in [-0.25, -0.2) is 0 Å². The Bertz CT molecular complexity index is 935. The normalized spacial score (nSPS) is 19.2. The fraction of sp³-hybridized carbons (Fsp3) is 0.286. The van der Waals surface area contributed by atoms with Gasteiger partial charge in [-0.15, -0.1) is 0 Å². The van der Waals surface area contributed by atoms with Gasteiger partial charge in [0.1, 0.15) is 0 Å². The zero-order valence-electron chi connectivity index (χ0n) is 14.9. The molecule has 1 saturated heterocycles. The Labute approximate surface area is 152 Å². The molecule has 5 heteroatoms. The first-order valence-electron chi connectivity index (χ1n) is 8.81. The van der Waals surface area contributed by atoms with Crippen LogP contribution in [0.4, 0.5) is 0 Å². The molecule has 0 N–H and O–H groups in total. The van der Waals surface area contributed by atoms with E-state index >= 15 is 0 Å². The summed E-state index contributed by atoms with van der Waals surface area (Å²) >= 11 is 0. The minimum atomic E-state index is -0.351. The standard InChI is InChI=1S/C21H20N2O3/c1-13-5-3-6-14(11-13)18-7-4-10-23(18)19(24)15-8-9-16-17(12-15)21(26)22(2)20(16)25/h3,5-6,8-9,11-12,18H,4,7,10H2,1-2H3. The van der Waals surface area contributed by atoms with Crippen molar-refractivity contribution in [2.75, 3.05) is 13.6 Å². The van der Waals surface area contributed by atoms with E-state index in [9.17, 15) is 14.4 Å². The highest BCUT2D eigenvalue weighted by Crippen LogP contribution is 2.34. The van der Waals surface area contributed by atoms with Gasteiger partial charge in [-0.05, 0) is 43.5 Å². The fourth-order valence-corrected chi connectivity index (χ4v) is 3.89. The van der Waals surface area contributed by atoms with Gasteiger partial charge >= 0.3 is 0 Å². The number of carbonyl (C=O) groups is 3. The van der Waals surface area contributed by atoms with Crippen LogP contribution in [-0.4, -0.2) is 41.1 Å². The van der Waals surface area contributed by atoms with E-state index in [1.165, 1.54) is 12.6 Å². The molecule has 0 radical (unpaired) electrons. The van der Waals surface area contributed by atoms with Gasteiger partial charge in [0.15, 0.2) is 0 Å². The zero-order valence-corrected chi connectivity index (χ0v) is 14.9. The lowest BCUT2D eigenvalue weighted by Crippen LogP contribution is -2.30. The molecule has 3 amide bonds. The van der Waals surface area contributed by atoms with Crippen molar-refractivity contribution in [2.24, 2.45) is 0 Å². The van der Waals surface area contributed by atoms with Crippen LogP contribution in [0.3, 0.4) is 0 Å². The Kier molecular flexibility index (Phi) is 3.87. The first-order chi connectivity index (χ1) is 12.5. The topological polar surface area (TPSA) is 57.7 Å². The smallest absolute Gasteiger partial charge is 0.261 e. The highest BCUT2D eigenvalue weighted by Gasteiger charge is 2.35. The predicted octanol–water partition coefficient (Wildman–Crippen LogP) is 3.20. The number of hydrogen-bond acceptors (Lipinski definition) is 3. The SMILES string of the molecule is Cc1cccc(C2CCCN2C(=O)c2ccc3c(c2)C(=O)N(C)C3=O)c1. The van der Waals surface area contributed by atoms with Crippen molar-refractivity contribution >= 4 is 17.7 Å². The zero-order chi connectivity index (χ0) is 18.4. The van der Waals surface area contributed by atoms with Crippen LogP contribution in [0.2, 0.25) is 0 Å². The van der Waals surface area contributed by atoms with Crippen LogP contribution in [-0.2, 0) is 0 Å². The summed E-state index contributed by atoms with van der Waals surface area (Å²) in [5.41, 5.74) is 3.45. The molecule has 0 bridgehead atoms. The Morgan fingerprint density at radius 1 is 1.04 bits per heavy atom. The van der Waals surface area contributed by atoms with Gasteiger partial charge in [0.2, 0.25) is 0 Å². The second-order valence-corrected chi connectivity index (χ2v) is 7.00. The van der Waals surface area contributed by atoms with Crippen molar-refractivity contribution in [3.8, 4) is 0 Å². The average Bonchev–Trinajstić information content (AvgIpc) is 3.21. The molecule has 2 aliphatic rings. The number of imide groups is 1. The Morgan fingerprint density at radius 2 is 1.81 bits per heavy atom. The maximum atomic E-state index is 13.1. The Balaban J connectivity index is 1.66. The number of fused-ring (bicyclic) bond motifs is 1. The Morgan fingerprint density at radius 3 is 2.58 bits per heavy atom. The molecule has 2 heterocycles. The summed E-state index contributed by atoms with van der Waals surface area (Å²) in [5, 5.41) is 0. The molecular formula is C21H20N2O3. The molecule has 1 unspecified atom stereocenters. The van der Waals surface area contributed by atoms with Crippen LogP contribution < -0.4 is 0 Å². The number of carbonyl (C=O) groups excluding carboxylic acids is 3. The number of amides is 3. The molecule has 4 rings (SSSR count). The Hall–Kier alpha value is -2.95. The highest BCUT2D eigenvalue weighted by atomic mass is 16.2. The van der Waals surface area contributed by atoms with Crippen molar-refractivity contribution < 1.29 is 14.4 Å². The second kappa shape index (κ2) is 6.09. The molecule has 2 aliphatic heterocycles. The summed E-state index contributed by atoms with van der Waals surface area (Å²) in [7, 11) is 1.46. The van der Waals surface area contributed by atoms with E-state index in [2.05, 4.69) is 12.1 Å². The lowest BCUT2D eigenvalue weighted by atomic mass is 10.0. The molecule has 0 aliphatic carbocycles. The lowest BCUT2D eigenvalue weighted by Gasteiger charge is -2.25. The van der Waals surface area contributed by atoms with E-state index in [0.717, 1.165) is 23.3 Å². The van der Waals surface area contributed by atoms with Crippen molar-refractivity contribution in [3.63, 3.8) is 0 Å². The van der Waals surface area contributed by atoms with Crippen molar-refractivity contribution in [3.05, 3.63) is 70.3 Å². The van der Waals surface area contributed by atoms with Crippen molar-refractivity contribution in [2.45, 2.75) is 25.8 Å². The summed E-state index contributed by atoms with van der Waals surface area (Å²) in [6.45, 7) is 2.74. The van der Waals surface area contributed by atoms with E-state index in [-0.39, 0.29) is 23.8 Å². The minimum absolute atomic E-state index is 0.0515. The molecule has 2 aromatic rings. The third-order valence-electron chi connectivity index (χ3n) is 5.28. The maximum absolute atomic E-state index is 13.1. The van der Waals surface area contributed by atoms with Crippen LogP contribution in [0, 0.1) is 6.92 Å². The van der Waals surface area contributed by atoms with Gasteiger partial charge in [0, 0.05) is 19.2 Å². The summed E-state index contributed by atoms with van der Waals surface area (Å²) in [6.07, 6.45) is 1.88. The van der Waals surface area contributed by atoms with E-state index in [1.54, 1.807) is 18.2 Å². The van der Waals surface area contributed by atoms with Gasteiger partial charge in [-0.2, -0.15) is 0 Å². The molecule has 0 spiro atoms. The molecule has 5 nitrogen and oxygen atoms in total. The fourth-order valence-electron chi connectivity index (χ4n) is 3.89. The van der Waals surface area contributed by atoms with Crippen LogP contribution >= 0.6 is 0 Å². The number of hydrogen-bond donors (Lipinski definition) is 0. The molecule has 132 valence electrons. The quantitative estimate of drug-likeness (QED) is 0.783. The van der Waals surface area contributed by atoms with Crippen molar-refractivity contribution in [1.29, 1.82) is 0 Å². The maximum Gasteiger partial charge on any atom is 0.261 e. The predicted molar refractivity (Wildman–Crippen MR) is 97.1 cm³/mol. The van der Waals surface area contributed by atoms with E-state index in [4.69, 9.17) is 0 Å². The average molecular weight is 348 g/mol. The summed E-state index contributed by atoms with van der Waals surface area (Å²) in [5.74, 6) is -0.759. The summed E-state index contributed by atoms with van der Waals surface area (Å²) < 4.78 is 0. The van der Waals surface area contributed by atoms with Crippen LogP contribution in [0.15, 0.2) is 42.5 Å². The van der Waals surface area contributed by atoms with Gasteiger partial charge in [-0.1, -0.05) is 29.8 Å². The van der Waals surface area contributed by atoms with Crippen molar-refractivity contribution in [1.82, 2.24) is 9.80 Å². The molecule has 1 fully saturated rings. The van der Waals surface area contributed by atoms with Gasteiger partial charge in [-0.3, -0.25) is 19.3 Å². The summed E-state index contributed by atoms with van der Waals surface area (Å²) in [4.78, 5) is 40.3. The summed E-state index contributed by atoms with van der Waals surface area (Å²) in [6, 6.07) is 13.1. The molecular weight excluding hydrogens is 328 g/mol. The van der Waals surface area contributed by atoms with E-state index in [1.807, 2.05) is 24.0 Å².